The molecule has 2 aromatic rings. The molecule has 0 N–H and O–H groups in total. The summed E-state index contributed by atoms with van der Waals surface area (Å²) in [5.41, 5.74) is 2.17. The molecule has 0 aliphatic heterocycles. The maximum Gasteiger partial charge on any atom is 0.123 e. The number of hydrogen-bond acceptors (Lipinski definition) is 2. The normalized spacial score (nSPS) is 13.2. The van der Waals surface area contributed by atoms with Crippen molar-refractivity contribution in [3.05, 3.63) is 24.0 Å². The van der Waals surface area contributed by atoms with Gasteiger partial charge < -0.3 is 9.30 Å². The number of methoxy groups -OCH3 is 1. The van der Waals surface area contributed by atoms with Crippen LogP contribution in [-0.2, 0) is 6.54 Å². The van der Waals surface area contributed by atoms with Gasteiger partial charge in [0, 0.05) is 12.6 Å². The molecule has 0 fully saturated rings. The van der Waals surface area contributed by atoms with Crippen LogP contribution >= 0.6 is 15.9 Å². The summed E-state index contributed by atoms with van der Waals surface area (Å²) < 4.78 is 7.54. The van der Waals surface area contributed by atoms with Crippen molar-refractivity contribution in [2.45, 2.75) is 32.1 Å². The fourth-order valence-electron chi connectivity index (χ4n) is 2.12. The van der Waals surface area contributed by atoms with E-state index in [1.165, 1.54) is 5.52 Å². The number of nitrogens with zero attached hydrogens (tertiary/aromatic N) is 2. The van der Waals surface area contributed by atoms with E-state index in [-0.39, 0.29) is 4.83 Å². The molecule has 0 spiro atoms. The first-order chi connectivity index (χ1) is 8.52. The maximum atomic E-state index is 5.25. The molecule has 1 aromatic heterocycles. The minimum absolute atomic E-state index is 0.245. The zero-order chi connectivity index (χ0) is 13.3. The molecule has 98 valence electrons. The number of benzene rings is 1. The molecule has 2 rings (SSSR count). The summed E-state index contributed by atoms with van der Waals surface area (Å²) >= 11 is 3.62. The Morgan fingerprint density at radius 3 is 2.61 bits per heavy atom. The summed E-state index contributed by atoms with van der Waals surface area (Å²) in [6.07, 6.45) is 0. The highest BCUT2D eigenvalue weighted by Crippen LogP contribution is 2.28. The topological polar surface area (TPSA) is 27.1 Å². The molecule has 1 aromatic carbocycles. The van der Waals surface area contributed by atoms with Crippen molar-refractivity contribution in [1.29, 1.82) is 0 Å². The minimum Gasteiger partial charge on any atom is -0.497 e. The van der Waals surface area contributed by atoms with Crippen LogP contribution in [0.15, 0.2) is 18.2 Å². The van der Waals surface area contributed by atoms with E-state index in [0.717, 1.165) is 23.6 Å². The van der Waals surface area contributed by atoms with Gasteiger partial charge in [0.1, 0.15) is 11.6 Å². The van der Waals surface area contributed by atoms with Crippen molar-refractivity contribution in [3.63, 3.8) is 0 Å². The van der Waals surface area contributed by atoms with Crippen LogP contribution < -0.4 is 4.74 Å². The van der Waals surface area contributed by atoms with Crippen molar-refractivity contribution in [1.82, 2.24) is 9.55 Å². The number of alkyl halides is 1. The van der Waals surface area contributed by atoms with Crippen LogP contribution in [0.2, 0.25) is 0 Å². The third-order valence-corrected chi connectivity index (χ3v) is 3.30. The number of ether oxygens (including phenoxy) is 1. The van der Waals surface area contributed by atoms with Crippen LogP contribution in [0, 0.1) is 5.92 Å². The molecule has 1 heterocycles. The third-order valence-electron chi connectivity index (χ3n) is 2.89. The molecule has 0 amide bonds. The second-order valence-electron chi connectivity index (χ2n) is 4.95. The Morgan fingerprint density at radius 1 is 1.33 bits per heavy atom. The average molecular weight is 311 g/mol. The lowest BCUT2D eigenvalue weighted by Gasteiger charge is -2.12. The van der Waals surface area contributed by atoms with E-state index in [4.69, 9.17) is 9.72 Å². The molecule has 1 atom stereocenters. The predicted octanol–water partition coefficient (Wildman–Crippen LogP) is 4.16. The summed E-state index contributed by atoms with van der Waals surface area (Å²) in [5.74, 6) is 2.52. The van der Waals surface area contributed by atoms with E-state index in [0.29, 0.717) is 5.92 Å². The minimum atomic E-state index is 0.245. The van der Waals surface area contributed by atoms with Crippen LogP contribution in [0.3, 0.4) is 0 Å². The summed E-state index contributed by atoms with van der Waals surface area (Å²) in [6, 6.07) is 6.07. The second-order valence-corrected chi connectivity index (χ2v) is 6.32. The molecule has 18 heavy (non-hydrogen) atoms. The lowest BCUT2D eigenvalue weighted by Crippen LogP contribution is -2.08. The van der Waals surface area contributed by atoms with Crippen molar-refractivity contribution in [3.8, 4) is 5.75 Å². The van der Waals surface area contributed by atoms with Crippen molar-refractivity contribution in [2.75, 3.05) is 7.11 Å². The van der Waals surface area contributed by atoms with Gasteiger partial charge in [-0.2, -0.15) is 0 Å². The highest BCUT2D eigenvalue weighted by Gasteiger charge is 2.15. The van der Waals surface area contributed by atoms with E-state index in [1.807, 2.05) is 12.1 Å². The van der Waals surface area contributed by atoms with Gasteiger partial charge in [0.05, 0.1) is 23.0 Å². The Hall–Kier alpha value is -1.03. The molecule has 0 aliphatic rings. The van der Waals surface area contributed by atoms with Crippen LogP contribution in [0.1, 0.15) is 31.4 Å². The van der Waals surface area contributed by atoms with E-state index in [9.17, 15) is 0 Å². The molecular weight excluding hydrogens is 292 g/mol. The zero-order valence-corrected chi connectivity index (χ0v) is 12.9. The van der Waals surface area contributed by atoms with Gasteiger partial charge in [-0.25, -0.2) is 4.98 Å². The number of rotatable bonds is 4. The fourth-order valence-corrected chi connectivity index (χ4v) is 2.47. The smallest absolute Gasteiger partial charge is 0.123 e. The second kappa shape index (κ2) is 5.31. The number of hydrogen-bond donors (Lipinski definition) is 0. The van der Waals surface area contributed by atoms with E-state index < -0.39 is 0 Å². The van der Waals surface area contributed by atoms with Gasteiger partial charge in [0.15, 0.2) is 0 Å². The van der Waals surface area contributed by atoms with Gasteiger partial charge in [0.25, 0.3) is 0 Å². The SMILES string of the molecule is COc1ccc2c(c1)nc(C(C)Br)n2CC(C)C. The molecular formula is C14H19BrN2O. The van der Waals surface area contributed by atoms with Gasteiger partial charge in [-0.15, -0.1) is 0 Å². The molecule has 0 aliphatic carbocycles. The molecule has 0 saturated heterocycles. The van der Waals surface area contributed by atoms with Crippen LogP contribution in [0.25, 0.3) is 11.0 Å². The maximum absolute atomic E-state index is 5.25. The molecule has 0 radical (unpaired) electrons. The number of imidazole rings is 1. The van der Waals surface area contributed by atoms with Gasteiger partial charge in [-0.05, 0) is 25.0 Å². The number of aromatic nitrogens is 2. The quantitative estimate of drug-likeness (QED) is 0.793. The Morgan fingerprint density at radius 2 is 2.06 bits per heavy atom. The summed E-state index contributed by atoms with van der Waals surface area (Å²) in [4.78, 5) is 4.95. The first kappa shape index (κ1) is 13.4. The highest BCUT2D eigenvalue weighted by molar-refractivity contribution is 9.09. The molecule has 0 bridgehead atoms. The third kappa shape index (κ3) is 2.53. The van der Waals surface area contributed by atoms with Crippen LogP contribution in [0.4, 0.5) is 0 Å². The largest absolute Gasteiger partial charge is 0.497 e. The van der Waals surface area contributed by atoms with Gasteiger partial charge in [0.2, 0.25) is 0 Å². The predicted molar refractivity (Wildman–Crippen MR) is 78.5 cm³/mol. The van der Waals surface area contributed by atoms with Gasteiger partial charge in [-0.3, -0.25) is 0 Å². The Balaban J connectivity index is 2.59. The van der Waals surface area contributed by atoms with E-state index in [2.05, 4.69) is 47.3 Å². The summed E-state index contributed by atoms with van der Waals surface area (Å²) in [5, 5.41) is 0. The zero-order valence-electron chi connectivity index (χ0n) is 11.3. The van der Waals surface area contributed by atoms with Crippen molar-refractivity contribution in [2.24, 2.45) is 5.92 Å². The fraction of sp³-hybridized carbons (Fsp3) is 0.500. The highest BCUT2D eigenvalue weighted by atomic mass is 79.9. The Kier molecular flexibility index (Phi) is 3.95. The van der Waals surface area contributed by atoms with Crippen LogP contribution in [0.5, 0.6) is 5.75 Å². The summed E-state index contributed by atoms with van der Waals surface area (Å²) in [7, 11) is 1.68. The van der Waals surface area contributed by atoms with Crippen molar-refractivity contribution < 1.29 is 4.74 Å². The first-order valence-electron chi connectivity index (χ1n) is 6.21. The number of fused-ring (bicyclic) bond motifs is 1. The molecule has 1 unspecified atom stereocenters. The van der Waals surface area contributed by atoms with Gasteiger partial charge in [-0.1, -0.05) is 29.8 Å². The van der Waals surface area contributed by atoms with E-state index >= 15 is 0 Å². The van der Waals surface area contributed by atoms with Gasteiger partial charge >= 0.3 is 0 Å². The monoisotopic (exact) mass is 310 g/mol. The summed E-state index contributed by atoms with van der Waals surface area (Å²) in [6.45, 7) is 7.53. The Labute approximate surface area is 116 Å². The first-order valence-corrected chi connectivity index (χ1v) is 7.12. The molecule has 0 saturated carbocycles. The standard InChI is InChI=1S/C14H19BrN2O/c1-9(2)8-17-13-6-5-11(18-4)7-12(13)16-14(17)10(3)15/h5-7,9-10H,8H2,1-4H3. The lowest BCUT2D eigenvalue weighted by atomic mass is 10.2. The molecule has 3 nitrogen and oxygen atoms in total. The van der Waals surface area contributed by atoms with Crippen molar-refractivity contribution >= 4 is 27.0 Å². The Bertz CT molecular complexity index is 546. The number of halogens is 1. The van der Waals surface area contributed by atoms with Crippen LogP contribution in [-0.4, -0.2) is 16.7 Å². The molecule has 4 heteroatoms. The average Bonchev–Trinajstić information content (AvgIpc) is 2.66. The van der Waals surface area contributed by atoms with E-state index in [1.54, 1.807) is 7.11 Å². The lowest BCUT2D eigenvalue weighted by molar-refractivity contribution is 0.415.